The molecule has 0 amide bonds. The van der Waals surface area contributed by atoms with Gasteiger partial charge in [-0.25, -0.2) is 4.68 Å². The van der Waals surface area contributed by atoms with E-state index in [0.29, 0.717) is 18.2 Å². The zero-order valence-electron chi connectivity index (χ0n) is 12.3. The van der Waals surface area contributed by atoms with E-state index in [0.717, 1.165) is 24.5 Å². The Hall–Kier alpha value is -1.41. The third kappa shape index (κ3) is 3.37. The Morgan fingerprint density at radius 2 is 2.10 bits per heavy atom. The zero-order chi connectivity index (χ0) is 14.4. The summed E-state index contributed by atoms with van der Waals surface area (Å²) in [5.74, 6) is 1.22. The van der Waals surface area contributed by atoms with Crippen molar-refractivity contribution >= 4 is 0 Å². The van der Waals surface area contributed by atoms with E-state index in [9.17, 15) is 5.26 Å². The summed E-state index contributed by atoms with van der Waals surface area (Å²) in [5, 5.41) is 26.2. The normalized spacial score (nSPS) is 22.6. The Labute approximate surface area is 120 Å². The van der Waals surface area contributed by atoms with Crippen molar-refractivity contribution in [2.45, 2.75) is 64.3 Å². The predicted molar refractivity (Wildman–Crippen MR) is 76.0 cm³/mol. The van der Waals surface area contributed by atoms with Crippen molar-refractivity contribution in [3.05, 3.63) is 11.4 Å². The van der Waals surface area contributed by atoms with Gasteiger partial charge in [-0.3, -0.25) is 0 Å². The summed E-state index contributed by atoms with van der Waals surface area (Å²) in [6, 6.07) is 2.14. The first kappa shape index (κ1) is 15.0. The Balaban J connectivity index is 2.02. The van der Waals surface area contributed by atoms with Crippen molar-refractivity contribution in [1.82, 2.24) is 15.0 Å². The summed E-state index contributed by atoms with van der Waals surface area (Å²) in [5.41, 5.74) is 1.38. The molecule has 0 spiro atoms. The summed E-state index contributed by atoms with van der Waals surface area (Å²) in [6.45, 7) is 2.71. The van der Waals surface area contributed by atoms with Crippen LogP contribution in [0.1, 0.15) is 69.2 Å². The van der Waals surface area contributed by atoms with Crippen LogP contribution in [-0.2, 0) is 6.54 Å². The second-order valence-electron chi connectivity index (χ2n) is 5.74. The highest BCUT2D eigenvalue weighted by atomic mass is 16.3. The molecule has 1 aliphatic carbocycles. The fourth-order valence-electron chi connectivity index (χ4n) is 3.28. The molecular weight excluding hydrogens is 252 g/mol. The fourth-order valence-corrected chi connectivity index (χ4v) is 3.28. The summed E-state index contributed by atoms with van der Waals surface area (Å²) < 4.78 is 1.72. The minimum atomic E-state index is 0.0348. The molecule has 1 aromatic heterocycles. The summed E-state index contributed by atoms with van der Waals surface area (Å²) in [6.07, 6.45) is 8.63. The van der Waals surface area contributed by atoms with E-state index in [1.165, 1.54) is 32.1 Å². The average molecular weight is 276 g/mol. The van der Waals surface area contributed by atoms with Crippen LogP contribution in [0.25, 0.3) is 0 Å². The molecule has 1 aromatic rings. The average Bonchev–Trinajstić information content (AvgIpc) is 2.89. The van der Waals surface area contributed by atoms with Gasteiger partial charge >= 0.3 is 0 Å². The maximum Gasteiger partial charge on any atom is 0.186 e. The van der Waals surface area contributed by atoms with Gasteiger partial charge in [0.15, 0.2) is 5.69 Å². The first-order valence-electron chi connectivity index (χ1n) is 7.74. The van der Waals surface area contributed by atoms with Crippen LogP contribution in [0.15, 0.2) is 0 Å². The number of hydrogen-bond donors (Lipinski definition) is 1. The molecule has 5 nitrogen and oxygen atoms in total. The minimum Gasteiger partial charge on any atom is -0.394 e. The van der Waals surface area contributed by atoms with Crippen molar-refractivity contribution in [3.8, 4) is 6.07 Å². The van der Waals surface area contributed by atoms with Crippen molar-refractivity contribution in [3.63, 3.8) is 0 Å². The number of rotatable bonds is 6. The Bertz CT molecular complexity index is 455. The summed E-state index contributed by atoms with van der Waals surface area (Å²) in [7, 11) is 0. The molecule has 0 saturated heterocycles. The SMILES string of the molecule is CCCCC1CCC(c2c(C#N)nnn2CCO)CC1. The van der Waals surface area contributed by atoms with Gasteiger partial charge in [-0.15, -0.1) is 5.10 Å². The lowest BCUT2D eigenvalue weighted by atomic mass is 9.78. The molecule has 110 valence electrons. The highest BCUT2D eigenvalue weighted by Crippen LogP contribution is 2.38. The zero-order valence-corrected chi connectivity index (χ0v) is 12.3. The summed E-state index contributed by atoms with van der Waals surface area (Å²) in [4.78, 5) is 0. The Morgan fingerprint density at radius 1 is 1.35 bits per heavy atom. The number of nitrogens with zero attached hydrogens (tertiary/aromatic N) is 4. The number of hydrogen-bond acceptors (Lipinski definition) is 4. The van der Waals surface area contributed by atoms with Crippen LogP contribution in [0.3, 0.4) is 0 Å². The van der Waals surface area contributed by atoms with Gasteiger partial charge in [-0.05, 0) is 31.6 Å². The monoisotopic (exact) mass is 276 g/mol. The number of aromatic nitrogens is 3. The quantitative estimate of drug-likeness (QED) is 0.866. The second-order valence-corrected chi connectivity index (χ2v) is 5.74. The van der Waals surface area contributed by atoms with Crippen molar-refractivity contribution in [2.24, 2.45) is 5.92 Å². The van der Waals surface area contributed by atoms with E-state index in [1.807, 2.05) is 0 Å². The van der Waals surface area contributed by atoms with Gasteiger partial charge < -0.3 is 5.11 Å². The van der Waals surface area contributed by atoms with Crippen molar-refractivity contribution in [1.29, 1.82) is 5.26 Å². The first-order valence-corrected chi connectivity index (χ1v) is 7.74. The Morgan fingerprint density at radius 3 is 2.70 bits per heavy atom. The molecule has 1 fully saturated rings. The molecule has 2 rings (SSSR count). The van der Waals surface area contributed by atoms with Gasteiger partial charge in [-0.1, -0.05) is 31.4 Å². The molecule has 0 bridgehead atoms. The third-order valence-corrected chi connectivity index (χ3v) is 4.39. The molecular formula is C15H24N4O. The molecule has 0 unspecified atom stereocenters. The van der Waals surface area contributed by atoms with Crippen LogP contribution in [0.2, 0.25) is 0 Å². The van der Waals surface area contributed by atoms with E-state index in [-0.39, 0.29) is 6.61 Å². The second kappa shape index (κ2) is 7.39. The van der Waals surface area contributed by atoms with Gasteiger partial charge in [-0.2, -0.15) is 5.26 Å². The lowest BCUT2D eigenvalue weighted by Crippen LogP contribution is -2.18. The van der Waals surface area contributed by atoms with Crippen LogP contribution < -0.4 is 0 Å². The van der Waals surface area contributed by atoms with Crippen LogP contribution in [0.4, 0.5) is 0 Å². The smallest absolute Gasteiger partial charge is 0.186 e. The molecule has 1 N–H and O–H groups in total. The van der Waals surface area contributed by atoms with Crippen LogP contribution >= 0.6 is 0 Å². The number of nitriles is 1. The number of aliphatic hydroxyl groups excluding tert-OH is 1. The Kier molecular flexibility index (Phi) is 5.54. The maximum absolute atomic E-state index is 9.17. The third-order valence-electron chi connectivity index (χ3n) is 4.39. The van der Waals surface area contributed by atoms with Gasteiger partial charge in [0, 0.05) is 5.92 Å². The van der Waals surface area contributed by atoms with Crippen LogP contribution in [0, 0.1) is 17.2 Å². The van der Waals surface area contributed by atoms with Crippen LogP contribution in [0.5, 0.6) is 0 Å². The molecule has 1 heterocycles. The molecule has 0 aromatic carbocycles. The van der Waals surface area contributed by atoms with Gasteiger partial charge in [0.1, 0.15) is 6.07 Å². The predicted octanol–water partition coefficient (Wildman–Crippen LogP) is 2.61. The standard InChI is InChI=1S/C15H24N4O/c1-2-3-4-12-5-7-13(8-6-12)15-14(11-16)17-18-19(15)9-10-20/h12-13,20H,2-10H2,1H3. The van der Waals surface area contributed by atoms with Gasteiger partial charge in [0.25, 0.3) is 0 Å². The van der Waals surface area contributed by atoms with E-state index in [1.54, 1.807) is 4.68 Å². The number of unbranched alkanes of at least 4 members (excludes halogenated alkanes) is 1. The van der Waals surface area contributed by atoms with Gasteiger partial charge in [0.05, 0.1) is 18.8 Å². The lowest BCUT2D eigenvalue weighted by Gasteiger charge is -2.28. The molecule has 0 atom stereocenters. The molecule has 1 saturated carbocycles. The molecule has 5 heteroatoms. The van der Waals surface area contributed by atoms with E-state index < -0.39 is 0 Å². The van der Waals surface area contributed by atoms with E-state index in [4.69, 9.17) is 5.11 Å². The molecule has 0 radical (unpaired) electrons. The maximum atomic E-state index is 9.17. The highest BCUT2D eigenvalue weighted by Gasteiger charge is 2.27. The van der Waals surface area contributed by atoms with Gasteiger partial charge in [0.2, 0.25) is 0 Å². The molecule has 0 aliphatic heterocycles. The van der Waals surface area contributed by atoms with E-state index >= 15 is 0 Å². The fraction of sp³-hybridized carbons (Fsp3) is 0.800. The lowest BCUT2D eigenvalue weighted by molar-refractivity contribution is 0.257. The largest absolute Gasteiger partial charge is 0.394 e. The summed E-state index contributed by atoms with van der Waals surface area (Å²) >= 11 is 0. The highest BCUT2D eigenvalue weighted by molar-refractivity contribution is 5.28. The molecule has 20 heavy (non-hydrogen) atoms. The topological polar surface area (TPSA) is 74.7 Å². The first-order chi connectivity index (χ1) is 9.80. The molecule has 1 aliphatic rings. The number of aliphatic hydroxyl groups is 1. The van der Waals surface area contributed by atoms with E-state index in [2.05, 4.69) is 23.3 Å². The van der Waals surface area contributed by atoms with Crippen LogP contribution in [-0.4, -0.2) is 26.7 Å². The minimum absolute atomic E-state index is 0.0348. The van der Waals surface area contributed by atoms with Crippen molar-refractivity contribution in [2.75, 3.05) is 6.61 Å². The van der Waals surface area contributed by atoms with Crippen molar-refractivity contribution < 1.29 is 5.11 Å².